The van der Waals surface area contributed by atoms with Crippen LogP contribution in [0.15, 0.2) is 35.2 Å². The van der Waals surface area contributed by atoms with Crippen molar-refractivity contribution in [1.82, 2.24) is 0 Å². The van der Waals surface area contributed by atoms with Crippen molar-refractivity contribution in [3.8, 4) is 0 Å². The lowest BCUT2D eigenvalue weighted by molar-refractivity contribution is 0.483. The van der Waals surface area contributed by atoms with Gasteiger partial charge < -0.3 is 0 Å². The molecule has 156 valence electrons. The molecular formula is C24H36O3S. The molecule has 0 spiro atoms. The van der Waals surface area contributed by atoms with Crippen molar-refractivity contribution in [3.63, 3.8) is 0 Å². The molecule has 28 heavy (non-hydrogen) atoms. The van der Waals surface area contributed by atoms with E-state index in [2.05, 4.69) is 26.0 Å². The predicted molar refractivity (Wildman–Crippen MR) is 119 cm³/mol. The highest BCUT2D eigenvalue weighted by Gasteiger charge is 2.12. The van der Waals surface area contributed by atoms with Gasteiger partial charge >= 0.3 is 0 Å². The maximum Gasteiger partial charge on any atom is 0.294 e. The van der Waals surface area contributed by atoms with Crippen molar-refractivity contribution in [2.45, 2.75) is 95.8 Å². The number of rotatable bonds is 13. The third kappa shape index (κ3) is 7.21. The average molecular weight is 405 g/mol. The van der Waals surface area contributed by atoms with Gasteiger partial charge in [-0.2, -0.15) is 8.42 Å². The van der Waals surface area contributed by atoms with E-state index in [1.165, 1.54) is 81.4 Å². The fraction of sp³-hybridized carbons (Fsp3) is 0.583. The van der Waals surface area contributed by atoms with Crippen molar-refractivity contribution in [3.05, 3.63) is 41.5 Å². The Morgan fingerprint density at radius 1 is 0.679 bits per heavy atom. The molecule has 0 radical (unpaired) electrons. The van der Waals surface area contributed by atoms with Crippen LogP contribution in [0.3, 0.4) is 0 Å². The summed E-state index contributed by atoms with van der Waals surface area (Å²) in [6, 6.07) is 9.27. The summed E-state index contributed by atoms with van der Waals surface area (Å²) in [4.78, 5) is -0.0267. The van der Waals surface area contributed by atoms with Gasteiger partial charge in [0.05, 0.1) is 4.90 Å². The van der Waals surface area contributed by atoms with Crippen molar-refractivity contribution in [1.29, 1.82) is 0 Å². The molecule has 0 aromatic heterocycles. The number of unbranched alkanes of at least 4 members (excludes halogenated alkanes) is 8. The van der Waals surface area contributed by atoms with E-state index in [0.29, 0.717) is 0 Å². The molecule has 2 rings (SSSR count). The van der Waals surface area contributed by atoms with Gasteiger partial charge in [-0.05, 0) is 59.7 Å². The van der Waals surface area contributed by atoms with Gasteiger partial charge in [-0.15, -0.1) is 0 Å². The second-order valence-corrected chi connectivity index (χ2v) is 9.35. The fourth-order valence-corrected chi connectivity index (χ4v) is 4.35. The summed E-state index contributed by atoms with van der Waals surface area (Å²) >= 11 is 0. The Kier molecular flexibility index (Phi) is 9.46. The van der Waals surface area contributed by atoms with Gasteiger partial charge in [-0.3, -0.25) is 4.55 Å². The fourth-order valence-electron chi connectivity index (χ4n) is 3.83. The van der Waals surface area contributed by atoms with Crippen LogP contribution >= 0.6 is 0 Å². The van der Waals surface area contributed by atoms with E-state index in [1.807, 2.05) is 6.07 Å². The van der Waals surface area contributed by atoms with Gasteiger partial charge in [0.2, 0.25) is 0 Å². The Balaban J connectivity index is 2.20. The minimum Gasteiger partial charge on any atom is -0.282 e. The van der Waals surface area contributed by atoms with Gasteiger partial charge in [-0.1, -0.05) is 83.4 Å². The number of hydrogen-bond acceptors (Lipinski definition) is 2. The highest BCUT2D eigenvalue weighted by atomic mass is 32.2. The van der Waals surface area contributed by atoms with E-state index in [9.17, 15) is 13.0 Å². The summed E-state index contributed by atoms with van der Waals surface area (Å²) in [5.74, 6) is 0. The average Bonchev–Trinajstić information content (AvgIpc) is 2.66. The van der Waals surface area contributed by atoms with Crippen LogP contribution in [-0.2, 0) is 23.0 Å². The van der Waals surface area contributed by atoms with Crippen LogP contribution in [0, 0.1) is 0 Å². The third-order valence-electron chi connectivity index (χ3n) is 5.53. The molecule has 0 heterocycles. The van der Waals surface area contributed by atoms with Crippen LogP contribution in [0.4, 0.5) is 0 Å². The smallest absolute Gasteiger partial charge is 0.282 e. The lowest BCUT2D eigenvalue weighted by Gasteiger charge is -2.13. The van der Waals surface area contributed by atoms with Gasteiger partial charge in [0.25, 0.3) is 10.1 Å². The van der Waals surface area contributed by atoms with Crippen LogP contribution < -0.4 is 0 Å². The minimum atomic E-state index is -4.17. The Labute approximate surface area is 171 Å². The highest BCUT2D eigenvalue weighted by molar-refractivity contribution is 7.85. The molecule has 1 N–H and O–H groups in total. The lowest BCUT2D eigenvalue weighted by atomic mass is 9.93. The molecule has 4 heteroatoms. The first-order valence-corrected chi connectivity index (χ1v) is 12.4. The van der Waals surface area contributed by atoms with Crippen molar-refractivity contribution >= 4 is 20.9 Å². The molecule has 0 unspecified atom stereocenters. The van der Waals surface area contributed by atoms with Crippen LogP contribution in [0.2, 0.25) is 0 Å². The standard InChI is InChI=1S/C24H36O3S/c1-3-5-7-9-11-13-20-17-22-15-16-24(28(25,26)27)19-23(22)18-21(20)14-12-10-8-6-4-2/h15-19H,3-14H2,1-2H3,(H,25,26,27). The zero-order valence-corrected chi connectivity index (χ0v) is 18.4. The van der Waals surface area contributed by atoms with Crippen LogP contribution in [-0.4, -0.2) is 13.0 Å². The van der Waals surface area contributed by atoms with E-state index in [1.54, 1.807) is 6.07 Å². The summed E-state index contributed by atoms with van der Waals surface area (Å²) in [5, 5.41) is 1.94. The molecule has 2 aromatic carbocycles. The van der Waals surface area contributed by atoms with E-state index < -0.39 is 10.1 Å². The quantitative estimate of drug-likeness (QED) is 0.286. The lowest BCUT2D eigenvalue weighted by Crippen LogP contribution is -1.99. The first kappa shape index (κ1) is 22.9. The largest absolute Gasteiger partial charge is 0.294 e. The molecule has 0 fully saturated rings. The van der Waals surface area contributed by atoms with Crippen molar-refractivity contribution < 1.29 is 13.0 Å². The Morgan fingerprint density at radius 2 is 1.18 bits per heavy atom. The second-order valence-electron chi connectivity index (χ2n) is 7.93. The van der Waals surface area contributed by atoms with E-state index >= 15 is 0 Å². The van der Waals surface area contributed by atoms with E-state index in [0.717, 1.165) is 23.6 Å². The minimum absolute atomic E-state index is 0.0267. The Hall–Kier alpha value is -1.39. The van der Waals surface area contributed by atoms with E-state index in [-0.39, 0.29) is 4.90 Å². The summed E-state index contributed by atoms with van der Waals surface area (Å²) < 4.78 is 32.3. The normalized spacial score (nSPS) is 12.0. The molecule has 0 aliphatic heterocycles. The second kappa shape index (κ2) is 11.6. The summed E-state index contributed by atoms with van der Waals surface area (Å²) in [7, 11) is -4.17. The van der Waals surface area contributed by atoms with Crippen LogP contribution in [0.1, 0.15) is 89.2 Å². The van der Waals surface area contributed by atoms with Crippen molar-refractivity contribution in [2.75, 3.05) is 0 Å². The molecule has 2 aromatic rings. The van der Waals surface area contributed by atoms with Crippen LogP contribution in [0.25, 0.3) is 10.8 Å². The third-order valence-corrected chi connectivity index (χ3v) is 6.38. The number of hydrogen-bond donors (Lipinski definition) is 1. The molecular weight excluding hydrogens is 368 g/mol. The maximum absolute atomic E-state index is 11.5. The Bertz CT molecular complexity index is 840. The highest BCUT2D eigenvalue weighted by Crippen LogP contribution is 2.26. The summed E-state index contributed by atoms with van der Waals surface area (Å²) in [6.45, 7) is 4.47. The number of fused-ring (bicyclic) bond motifs is 1. The molecule has 0 atom stereocenters. The number of benzene rings is 2. The molecule has 3 nitrogen and oxygen atoms in total. The Morgan fingerprint density at radius 3 is 1.68 bits per heavy atom. The summed E-state index contributed by atoms with van der Waals surface area (Å²) in [6.07, 6.45) is 14.7. The molecule has 0 amide bonds. The van der Waals surface area contributed by atoms with Gasteiger partial charge in [-0.25, -0.2) is 0 Å². The molecule has 0 bridgehead atoms. The maximum atomic E-state index is 11.5. The molecule has 0 saturated heterocycles. The van der Waals surface area contributed by atoms with Gasteiger partial charge in [0.1, 0.15) is 0 Å². The van der Waals surface area contributed by atoms with Gasteiger partial charge in [0, 0.05) is 0 Å². The first-order chi connectivity index (χ1) is 13.5. The summed E-state index contributed by atoms with van der Waals surface area (Å²) in [5.41, 5.74) is 2.74. The van der Waals surface area contributed by atoms with Crippen molar-refractivity contribution in [2.24, 2.45) is 0 Å². The molecule has 0 saturated carbocycles. The zero-order chi connectivity index (χ0) is 20.4. The zero-order valence-electron chi connectivity index (χ0n) is 17.5. The molecule has 0 aliphatic rings. The monoisotopic (exact) mass is 404 g/mol. The van der Waals surface area contributed by atoms with Gasteiger partial charge in [0.15, 0.2) is 0 Å². The van der Waals surface area contributed by atoms with Crippen LogP contribution in [0.5, 0.6) is 0 Å². The SMILES string of the molecule is CCCCCCCc1cc2ccc(S(=O)(=O)O)cc2cc1CCCCCCC. The topological polar surface area (TPSA) is 54.4 Å². The molecule has 0 aliphatic carbocycles. The predicted octanol–water partition coefficient (Wildman–Crippen LogP) is 7.11. The number of aryl methyl sites for hydroxylation is 2. The first-order valence-electron chi connectivity index (χ1n) is 11.0. The van der Waals surface area contributed by atoms with E-state index in [4.69, 9.17) is 0 Å².